The van der Waals surface area contributed by atoms with E-state index in [1.165, 1.54) is 0 Å². The van der Waals surface area contributed by atoms with Gasteiger partial charge in [0.2, 0.25) is 0 Å². The first-order chi connectivity index (χ1) is 8.31. The van der Waals surface area contributed by atoms with Crippen LogP contribution in [0.15, 0.2) is 22.9 Å². The Morgan fingerprint density at radius 2 is 2.11 bits per heavy atom. The van der Waals surface area contributed by atoms with Gasteiger partial charge in [0.1, 0.15) is 4.60 Å². The van der Waals surface area contributed by atoms with E-state index in [0.29, 0.717) is 6.42 Å². The van der Waals surface area contributed by atoms with Crippen LogP contribution in [0, 0.1) is 11.3 Å². The summed E-state index contributed by atoms with van der Waals surface area (Å²) in [6.07, 6.45) is 2.31. The molecular formula is C12H17BrCl2N4. The molecule has 1 aliphatic heterocycles. The van der Waals surface area contributed by atoms with E-state index in [1.807, 2.05) is 12.1 Å². The van der Waals surface area contributed by atoms with Crippen molar-refractivity contribution in [3.63, 3.8) is 0 Å². The lowest BCUT2D eigenvalue weighted by Gasteiger charge is -2.34. The van der Waals surface area contributed by atoms with Gasteiger partial charge in [-0.15, -0.1) is 24.8 Å². The van der Waals surface area contributed by atoms with Crippen molar-refractivity contribution in [2.24, 2.45) is 0 Å². The Bertz CT molecular complexity index is 418. The molecule has 1 aromatic rings. The third-order valence-corrected chi connectivity index (χ3v) is 3.45. The highest BCUT2D eigenvalue weighted by molar-refractivity contribution is 9.10. The summed E-state index contributed by atoms with van der Waals surface area (Å²) in [5.74, 6) is 0. The van der Waals surface area contributed by atoms with Gasteiger partial charge in [0.05, 0.1) is 12.5 Å². The van der Waals surface area contributed by atoms with Crippen LogP contribution in [0.3, 0.4) is 0 Å². The molecule has 1 fully saturated rings. The molecule has 0 unspecified atom stereocenters. The third-order valence-electron chi connectivity index (χ3n) is 3.01. The van der Waals surface area contributed by atoms with Crippen molar-refractivity contribution in [2.45, 2.75) is 12.5 Å². The fraction of sp³-hybridized carbons (Fsp3) is 0.500. The maximum Gasteiger partial charge on any atom is 0.106 e. The van der Waals surface area contributed by atoms with Gasteiger partial charge in [0.25, 0.3) is 0 Å². The molecule has 1 saturated heterocycles. The molecule has 0 spiro atoms. The number of piperazine rings is 1. The zero-order valence-corrected chi connectivity index (χ0v) is 13.6. The number of hydrogen-bond donors (Lipinski definition) is 1. The van der Waals surface area contributed by atoms with Crippen LogP contribution >= 0.6 is 40.7 Å². The van der Waals surface area contributed by atoms with Crippen molar-refractivity contribution in [3.05, 3.63) is 28.5 Å². The molecule has 0 aliphatic carbocycles. The summed E-state index contributed by atoms with van der Waals surface area (Å²) >= 11 is 3.38. The standard InChI is InChI=1S/C12H15BrN4.2ClH/c13-12-9-10(2-4-16-12)11(1-3-14)17-7-5-15-6-8-17;;/h2,4,9,11,15H,1,5-8H2;2*1H/t11-;;/m0../s1. The van der Waals surface area contributed by atoms with E-state index in [4.69, 9.17) is 5.26 Å². The van der Waals surface area contributed by atoms with E-state index >= 15 is 0 Å². The Balaban J connectivity index is 0.00000162. The monoisotopic (exact) mass is 366 g/mol. The summed E-state index contributed by atoms with van der Waals surface area (Å²) in [4.78, 5) is 6.49. The van der Waals surface area contributed by atoms with E-state index in [2.05, 4.69) is 37.2 Å². The molecule has 2 rings (SSSR count). The molecule has 2 heterocycles. The van der Waals surface area contributed by atoms with Crippen molar-refractivity contribution in [1.82, 2.24) is 15.2 Å². The number of pyridine rings is 1. The third kappa shape index (κ3) is 5.25. The summed E-state index contributed by atoms with van der Waals surface area (Å²) < 4.78 is 0.827. The number of halogens is 3. The summed E-state index contributed by atoms with van der Waals surface area (Å²) in [5, 5.41) is 12.3. The van der Waals surface area contributed by atoms with Crippen LogP contribution in [0.2, 0.25) is 0 Å². The highest BCUT2D eigenvalue weighted by atomic mass is 79.9. The minimum atomic E-state index is 0. The lowest BCUT2D eigenvalue weighted by molar-refractivity contribution is 0.175. The molecule has 0 saturated carbocycles. The zero-order chi connectivity index (χ0) is 12.1. The van der Waals surface area contributed by atoms with E-state index in [-0.39, 0.29) is 30.9 Å². The van der Waals surface area contributed by atoms with Crippen molar-refractivity contribution in [1.29, 1.82) is 5.26 Å². The molecule has 4 nitrogen and oxygen atoms in total. The maximum atomic E-state index is 8.98. The maximum absolute atomic E-state index is 8.98. The Morgan fingerprint density at radius 1 is 1.42 bits per heavy atom. The van der Waals surface area contributed by atoms with Gasteiger partial charge in [0.15, 0.2) is 0 Å². The van der Waals surface area contributed by atoms with Crippen LogP contribution in [0.1, 0.15) is 18.0 Å². The SMILES string of the molecule is Cl.Cl.N#CC[C@@H](c1ccnc(Br)c1)N1CCNCC1. The zero-order valence-electron chi connectivity index (χ0n) is 10.4. The first-order valence-electron chi connectivity index (χ1n) is 5.74. The molecule has 106 valence electrons. The molecule has 19 heavy (non-hydrogen) atoms. The highest BCUT2D eigenvalue weighted by Gasteiger charge is 2.22. The number of nitrogens with one attached hydrogen (secondary N) is 1. The Labute approximate surface area is 134 Å². The van der Waals surface area contributed by atoms with E-state index < -0.39 is 0 Å². The first-order valence-corrected chi connectivity index (χ1v) is 6.53. The Hall–Kier alpha value is -0.380. The van der Waals surface area contributed by atoms with Crippen LogP contribution in [-0.2, 0) is 0 Å². The van der Waals surface area contributed by atoms with Gasteiger partial charge in [0, 0.05) is 38.4 Å². The molecule has 7 heteroatoms. The van der Waals surface area contributed by atoms with Gasteiger partial charge in [-0.1, -0.05) is 0 Å². The molecule has 0 amide bonds. The molecule has 1 aromatic heterocycles. The van der Waals surface area contributed by atoms with E-state index in [0.717, 1.165) is 36.3 Å². The van der Waals surface area contributed by atoms with Gasteiger partial charge in [-0.25, -0.2) is 4.98 Å². The Kier molecular flexibility index (Phi) is 9.32. The quantitative estimate of drug-likeness (QED) is 0.834. The van der Waals surface area contributed by atoms with Crippen LogP contribution in [0.25, 0.3) is 0 Å². The molecule has 1 atom stereocenters. The summed E-state index contributed by atoms with van der Waals surface area (Å²) in [5.41, 5.74) is 1.16. The Morgan fingerprint density at radius 3 is 2.68 bits per heavy atom. The summed E-state index contributed by atoms with van der Waals surface area (Å²) in [7, 11) is 0. The largest absolute Gasteiger partial charge is 0.314 e. The van der Waals surface area contributed by atoms with Crippen LogP contribution in [0.5, 0.6) is 0 Å². The molecule has 1 N–H and O–H groups in total. The molecular weight excluding hydrogens is 351 g/mol. The van der Waals surface area contributed by atoms with Crippen molar-refractivity contribution >= 4 is 40.7 Å². The fourth-order valence-electron chi connectivity index (χ4n) is 2.16. The number of hydrogen-bond acceptors (Lipinski definition) is 4. The van der Waals surface area contributed by atoms with Crippen LogP contribution in [0.4, 0.5) is 0 Å². The highest BCUT2D eigenvalue weighted by Crippen LogP contribution is 2.25. The minimum absolute atomic E-state index is 0. The second-order valence-electron chi connectivity index (χ2n) is 4.08. The van der Waals surface area contributed by atoms with Gasteiger partial charge in [-0.3, -0.25) is 4.90 Å². The first kappa shape index (κ1) is 18.6. The normalized spacial score (nSPS) is 16.6. The molecule has 0 radical (unpaired) electrons. The van der Waals surface area contributed by atoms with E-state index in [1.54, 1.807) is 6.20 Å². The molecule has 0 bridgehead atoms. The molecule has 0 aromatic carbocycles. The summed E-state index contributed by atoms with van der Waals surface area (Å²) in [6, 6.07) is 6.47. The van der Waals surface area contributed by atoms with E-state index in [9.17, 15) is 0 Å². The lowest BCUT2D eigenvalue weighted by atomic mass is 10.0. The van der Waals surface area contributed by atoms with Crippen LogP contribution < -0.4 is 5.32 Å². The lowest BCUT2D eigenvalue weighted by Crippen LogP contribution is -2.45. The summed E-state index contributed by atoms with van der Waals surface area (Å²) in [6.45, 7) is 3.97. The van der Waals surface area contributed by atoms with Crippen molar-refractivity contribution < 1.29 is 0 Å². The predicted octanol–water partition coefficient (Wildman–Crippen LogP) is 2.55. The molecule has 1 aliphatic rings. The van der Waals surface area contributed by atoms with Crippen LogP contribution in [-0.4, -0.2) is 36.1 Å². The average Bonchev–Trinajstić information content (AvgIpc) is 2.37. The van der Waals surface area contributed by atoms with Crippen molar-refractivity contribution in [2.75, 3.05) is 26.2 Å². The second kappa shape index (κ2) is 9.51. The predicted molar refractivity (Wildman–Crippen MR) is 83.8 cm³/mol. The van der Waals surface area contributed by atoms with Gasteiger partial charge in [-0.2, -0.15) is 5.26 Å². The minimum Gasteiger partial charge on any atom is -0.314 e. The topological polar surface area (TPSA) is 52.0 Å². The number of nitrogens with zero attached hydrogens (tertiary/aromatic N) is 3. The second-order valence-corrected chi connectivity index (χ2v) is 4.89. The number of rotatable bonds is 3. The van der Waals surface area contributed by atoms with Gasteiger partial charge >= 0.3 is 0 Å². The van der Waals surface area contributed by atoms with Gasteiger partial charge < -0.3 is 5.32 Å². The fourth-order valence-corrected chi connectivity index (χ4v) is 2.55. The van der Waals surface area contributed by atoms with Crippen molar-refractivity contribution in [3.8, 4) is 6.07 Å². The average molecular weight is 368 g/mol. The van der Waals surface area contributed by atoms with Gasteiger partial charge in [-0.05, 0) is 33.6 Å². The smallest absolute Gasteiger partial charge is 0.106 e. The number of aromatic nitrogens is 1. The number of nitriles is 1.